The first-order valence-corrected chi connectivity index (χ1v) is 13.6. The molecule has 0 spiro atoms. The minimum absolute atomic E-state index is 0.102. The minimum atomic E-state index is -3.96. The topological polar surface area (TPSA) is 66.5 Å². The highest BCUT2D eigenvalue weighted by Crippen LogP contribution is 2.28. The van der Waals surface area contributed by atoms with E-state index in [2.05, 4.69) is 5.32 Å². The number of carbonyl (C=O) groups is 1. The summed E-state index contributed by atoms with van der Waals surface area (Å²) in [5, 5.41) is 3.94. The Bertz CT molecular complexity index is 1210. The number of hydrogen-bond donors (Lipinski definition) is 1. The molecule has 0 fully saturated rings. The Labute approximate surface area is 209 Å². The molecule has 0 radical (unpaired) electrons. The number of halogens is 2. The maximum Gasteiger partial charge on any atom is 0.264 e. The lowest BCUT2D eigenvalue weighted by atomic mass is 10.2. The second kappa shape index (κ2) is 11.8. The summed E-state index contributed by atoms with van der Waals surface area (Å²) in [6, 6.07) is 20.6. The molecular weight excluding hydrogens is 499 g/mol. The molecule has 0 atom stereocenters. The van der Waals surface area contributed by atoms with Gasteiger partial charge >= 0.3 is 0 Å². The van der Waals surface area contributed by atoms with Crippen molar-refractivity contribution in [2.24, 2.45) is 0 Å². The van der Waals surface area contributed by atoms with Crippen LogP contribution in [0.15, 0.2) is 77.7 Å². The normalized spacial score (nSPS) is 11.2. The molecule has 0 heterocycles. The summed E-state index contributed by atoms with van der Waals surface area (Å²) in [6.45, 7) is 1.88. The molecule has 1 N–H and O–H groups in total. The van der Waals surface area contributed by atoms with Crippen LogP contribution in [-0.4, -0.2) is 33.2 Å². The molecule has 0 bridgehead atoms. The molecule has 0 aliphatic rings. The third kappa shape index (κ3) is 6.90. The van der Waals surface area contributed by atoms with E-state index in [1.54, 1.807) is 48.2 Å². The van der Waals surface area contributed by atoms with E-state index in [4.69, 9.17) is 23.2 Å². The van der Waals surface area contributed by atoms with Crippen molar-refractivity contribution in [3.63, 3.8) is 0 Å². The van der Waals surface area contributed by atoms with Gasteiger partial charge in [0.25, 0.3) is 10.0 Å². The summed E-state index contributed by atoms with van der Waals surface area (Å²) in [5.74, 6) is 0.995. The van der Waals surface area contributed by atoms with E-state index < -0.39 is 15.9 Å². The monoisotopic (exact) mass is 522 g/mol. The van der Waals surface area contributed by atoms with Gasteiger partial charge in [0.15, 0.2) is 0 Å². The van der Waals surface area contributed by atoms with Gasteiger partial charge in [-0.05, 0) is 48.4 Å². The van der Waals surface area contributed by atoms with Crippen molar-refractivity contribution in [2.45, 2.75) is 17.6 Å². The number of anilines is 1. The van der Waals surface area contributed by atoms with E-state index in [0.717, 1.165) is 21.2 Å². The van der Waals surface area contributed by atoms with E-state index in [9.17, 15) is 13.2 Å². The molecule has 0 unspecified atom stereocenters. The van der Waals surface area contributed by atoms with Crippen LogP contribution in [0, 0.1) is 6.92 Å². The summed E-state index contributed by atoms with van der Waals surface area (Å²) in [5.41, 5.74) is 2.18. The number of aryl methyl sites for hydroxylation is 1. The molecule has 0 saturated heterocycles. The molecule has 0 saturated carbocycles. The quantitative estimate of drug-likeness (QED) is 0.354. The van der Waals surface area contributed by atoms with Crippen LogP contribution in [0.2, 0.25) is 10.0 Å². The predicted octanol–water partition coefficient (Wildman–Crippen LogP) is 5.55. The van der Waals surface area contributed by atoms with Crippen molar-refractivity contribution in [3.8, 4) is 0 Å². The second-order valence-corrected chi connectivity index (χ2v) is 11.0. The molecule has 174 valence electrons. The van der Waals surface area contributed by atoms with Crippen molar-refractivity contribution >= 4 is 56.6 Å². The molecule has 1 amide bonds. The van der Waals surface area contributed by atoms with Crippen LogP contribution in [-0.2, 0) is 20.6 Å². The van der Waals surface area contributed by atoms with Gasteiger partial charge in [0, 0.05) is 28.1 Å². The van der Waals surface area contributed by atoms with Gasteiger partial charge in [-0.2, -0.15) is 11.8 Å². The predicted molar refractivity (Wildman–Crippen MR) is 138 cm³/mol. The molecule has 3 aromatic carbocycles. The third-order valence-electron chi connectivity index (χ3n) is 4.85. The molecule has 3 rings (SSSR count). The van der Waals surface area contributed by atoms with Gasteiger partial charge in [-0.3, -0.25) is 9.10 Å². The summed E-state index contributed by atoms with van der Waals surface area (Å²) in [6.07, 6.45) is 0. The van der Waals surface area contributed by atoms with Gasteiger partial charge in [0.05, 0.1) is 10.6 Å². The van der Waals surface area contributed by atoms with Crippen LogP contribution in [0.1, 0.15) is 11.1 Å². The number of rotatable bonds is 10. The van der Waals surface area contributed by atoms with E-state index in [1.807, 2.05) is 31.2 Å². The van der Waals surface area contributed by atoms with Gasteiger partial charge < -0.3 is 5.32 Å². The molecule has 0 aromatic heterocycles. The Hall–Kier alpha value is -2.19. The van der Waals surface area contributed by atoms with Crippen molar-refractivity contribution in [2.75, 3.05) is 23.1 Å². The molecule has 9 heteroatoms. The maximum atomic E-state index is 13.3. The molecule has 33 heavy (non-hydrogen) atoms. The van der Waals surface area contributed by atoms with Gasteiger partial charge in [-0.15, -0.1) is 0 Å². The first-order chi connectivity index (χ1) is 15.8. The van der Waals surface area contributed by atoms with Crippen molar-refractivity contribution in [1.82, 2.24) is 5.32 Å². The third-order valence-corrected chi connectivity index (χ3v) is 8.42. The maximum absolute atomic E-state index is 13.3. The molecule has 5 nitrogen and oxygen atoms in total. The number of amides is 1. The largest absolute Gasteiger partial charge is 0.354 e. The smallest absolute Gasteiger partial charge is 0.264 e. The molecule has 3 aromatic rings. The lowest BCUT2D eigenvalue weighted by molar-refractivity contribution is -0.119. The summed E-state index contributed by atoms with van der Waals surface area (Å²) < 4.78 is 27.7. The van der Waals surface area contributed by atoms with Crippen LogP contribution in [0.3, 0.4) is 0 Å². The first-order valence-electron chi connectivity index (χ1n) is 10.2. The van der Waals surface area contributed by atoms with Crippen LogP contribution in [0.5, 0.6) is 0 Å². The molecule has 0 aliphatic heterocycles. The summed E-state index contributed by atoms with van der Waals surface area (Å²) >= 11 is 14.0. The standard InChI is InChI=1S/C24H24Cl2N2O3S2/c1-18-11-12-20(15-23(18)26)28(33(30,31)21-8-3-2-4-9-21)16-24(29)27-13-14-32-17-19-7-5-6-10-22(19)25/h2-12,15H,13-14,16-17H2,1H3,(H,27,29). The average molecular weight is 524 g/mol. The van der Waals surface area contributed by atoms with Crippen molar-refractivity contribution in [3.05, 3.63) is 94.0 Å². The van der Waals surface area contributed by atoms with E-state index in [-0.39, 0.29) is 11.4 Å². The van der Waals surface area contributed by atoms with Crippen molar-refractivity contribution < 1.29 is 13.2 Å². The Morgan fingerprint density at radius 3 is 2.36 bits per heavy atom. The Morgan fingerprint density at radius 2 is 1.67 bits per heavy atom. The fourth-order valence-corrected chi connectivity index (χ4v) is 5.77. The average Bonchev–Trinajstić information content (AvgIpc) is 2.81. The van der Waals surface area contributed by atoms with Crippen LogP contribution >= 0.6 is 35.0 Å². The van der Waals surface area contributed by atoms with Gasteiger partial charge in [0.2, 0.25) is 5.91 Å². The highest BCUT2D eigenvalue weighted by Gasteiger charge is 2.27. The number of nitrogens with one attached hydrogen (secondary N) is 1. The summed E-state index contributed by atoms with van der Waals surface area (Å²) in [4.78, 5) is 12.8. The Morgan fingerprint density at radius 1 is 0.970 bits per heavy atom. The number of carbonyl (C=O) groups excluding carboxylic acids is 1. The van der Waals surface area contributed by atoms with Crippen molar-refractivity contribution in [1.29, 1.82) is 0 Å². The van der Waals surface area contributed by atoms with Gasteiger partial charge in [-0.1, -0.05) is 65.7 Å². The molecular formula is C24H24Cl2N2O3S2. The van der Waals surface area contributed by atoms with E-state index in [1.165, 1.54) is 12.1 Å². The number of sulfonamides is 1. The lowest BCUT2D eigenvalue weighted by Gasteiger charge is -2.24. The first kappa shape index (κ1) is 25.4. The minimum Gasteiger partial charge on any atom is -0.354 e. The molecule has 0 aliphatic carbocycles. The van der Waals surface area contributed by atoms with Gasteiger partial charge in [0.1, 0.15) is 6.54 Å². The lowest BCUT2D eigenvalue weighted by Crippen LogP contribution is -2.41. The number of benzene rings is 3. The summed E-state index contributed by atoms with van der Waals surface area (Å²) in [7, 11) is -3.96. The Balaban J connectivity index is 1.66. The fourth-order valence-electron chi connectivity index (χ4n) is 3.02. The van der Waals surface area contributed by atoms with Crippen LogP contribution in [0.4, 0.5) is 5.69 Å². The zero-order valence-corrected chi connectivity index (χ0v) is 21.1. The van der Waals surface area contributed by atoms with Gasteiger partial charge in [-0.25, -0.2) is 8.42 Å². The van der Waals surface area contributed by atoms with E-state index in [0.29, 0.717) is 28.0 Å². The Kier molecular flexibility index (Phi) is 9.09. The number of nitrogens with zero attached hydrogens (tertiary/aromatic N) is 1. The van der Waals surface area contributed by atoms with Crippen LogP contribution < -0.4 is 9.62 Å². The zero-order valence-electron chi connectivity index (χ0n) is 18.0. The highest BCUT2D eigenvalue weighted by atomic mass is 35.5. The SMILES string of the molecule is Cc1ccc(N(CC(=O)NCCSCc2ccccc2Cl)S(=O)(=O)c2ccccc2)cc1Cl. The highest BCUT2D eigenvalue weighted by molar-refractivity contribution is 7.98. The van der Waals surface area contributed by atoms with Crippen LogP contribution in [0.25, 0.3) is 0 Å². The fraction of sp³-hybridized carbons (Fsp3) is 0.208. The number of hydrogen-bond acceptors (Lipinski definition) is 4. The zero-order chi connectivity index (χ0) is 23.8. The van der Waals surface area contributed by atoms with E-state index >= 15 is 0 Å². The second-order valence-electron chi connectivity index (χ2n) is 7.25. The number of thioether (sulfide) groups is 1.